The van der Waals surface area contributed by atoms with E-state index in [2.05, 4.69) is 0 Å². The van der Waals surface area contributed by atoms with Crippen LogP contribution in [0.2, 0.25) is 0 Å². The highest BCUT2D eigenvalue weighted by Gasteiger charge is 2.38. The van der Waals surface area contributed by atoms with Gasteiger partial charge >= 0.3 is 0 Å². The predicted octanol–water partition coefficient (Wildman–Crippen LogP) is 4.53. The summed E-state index contributed by atoms with van der Waals surface area (Å²) in [7, 11) is 0. The molecule has 3 aromatic rings. The standard InChI is InChI=1S/C22H18O3/c23-19-12-6-4-10-16(19)18-14-25-20-13-7-5-11-17(20)21(18)22(24)15-8-2-1-3-9-15/h1-13,18,21,23H,14H2. The zero-order valence-corrected chi connectivity index (χ0v) is 13.6. The van der Waals surface area contributed by atoms with Crippen molar-refractivity contribution in [2.75, 3.05) is 6.61 Å². The van der Waals surface area contributed by atoms with E-state index in [1.807, 2.05) is 66.7 Å². The molecular formula is C22H18O3. The van der Waals surface area contributed by atoms with Gasteiger partial charge in [-0.3, -0.25) is 4.79 Å². The number of ether oxygens (including phenoxy) is 1. The lowest BCUT2D eigenvalue weighted by atomic mass is 9.75. The number of carbonyl (C=O) groups is 1. The number of phenols is 1. The van der Waals surface area contributed by atoms with Crippen LogP contribution >= 0.6 is 0 Å². The van der Waals surface area contributed by atoms with Crippen LogP contribution in [0.3, 0.4) is 0 Å². The molecule has 1 N–H and O–H groups in total. The number of carbonyl (C=O) groups excluding carboxylic acids is 1. The average Bonchev–Trinajstić information content (AvgIpc) is 2.68. The Morgan fingerprint density at radius 1 is 0.840 bits per heavy atom. The highest BCUT2D eigenvalue weighted by Crippen LogP contribution is 2.45. The summed E-state index contributed by atoms with van der Waals surface area (Å²) in [6.45, 7) is 0.359. The molecule has 124 valence electrons. The first-order valence-corrected chi connectivity index (χ1v) is 8.34. The van der Waals surface area contributed by atoms with E-state index in [9.17, 15) is 9.90 Å². The van der Waals surface area contributed by atoms with E-state index in [-0.39, 0.29) is 23.4 Å². The Kier molecular flexibility index (Phi) is 3.98. The summed E-state index contributed by atoms with van der Waals surface area (Å²) in [5.74, 6) is 0.360. The second-order valence-electron chi connectivity index (χ2n) is 6.22. The molecule has 0 fully saturated rings. The number of hydrogen-bond acceptors (Lipinski definition) is 3. The first-order chi connectivity index (χ1) is 12.3. The normalized spacial score (nSPS) is 18.9. The van der Waals surface area contributed by atoms with Gasteiger partial charge in [0.2, 0.25) is 0 Å². The highest BCUT2D eigenvalue weighted by molar-refractivity contribution is 6.02. The monoisotopic (exact) mass is 330 g/mol. The molecule has 0 aliphatic carbocycles. The minimum atomic E-state index is -0.388. The van der Waals surface area contributed by atoms with Gasteiger partial charge in [0.1, 0.15) is 11.5 Å². The third kappa shape index (κ3) is 2.78. The number of para-hydroxylation sites is 2. The van der Waals surface area contributed by atoms with Crippen LogP contribution in [0.25, 0.3) is 0 Å². The molecule has 2 atom stereocenters. The van der Waals surface area contributed by atoms with Crippen LogP contribution in [0.5, 0.6) is 11.5 Å². The fourth-order valence-corrected chi connectivity index (χ4v) is 3.54. The molecular weight excluding hydrogens is 312 g/mol. The summed E-state index contributed by atoms with van der Waals surface area (Å²) in [6.07, 6.45) is 0. The Morgan fingerprint density at radius 3 is 2.24 bits per heavy atom. The number of fused-ring (bicyclic) bond motifs is 1. The van der Waals surface area contributed by atoms with Crippen molar-refractivity contribution in [1.82, 2.24) is 0 Å². The molecule has 0 amide bonds. The lowest BCUT2D eigenvalue weighted by Gasteiger charge is -2.33. The molecule has 0 radical (unpaired) electrons. The predicted molar refractivity (Wildman–Crippen MR) is 96.3 cm³/mol. The number of hydrogen-bond donors (Lipinski definition) is 1. The molecule has 3 heteroatoms. The van der Waals surface area contributed by atoms with E-state index in [1.54, 1.807) is 12.1 Å². The van der Waals surface area contributed by atoms with Gasteiger partial charge < -0.3 is 9.84 Å². The SMILES string of the molecule is O=C(c1ccccc1)C1c2ccccc2OCC1c1ccccc1O. The summed E-state index contributed by atoms with van der Waals surface area (Å²) < 4.78 is 5.90. The minimum Gasteiger partial charge on any atom is -0.508 e. The van der Waals surface area contributed by atoms with Crippen molar-refractivity contribution < 1.29 is 14.6 Å². The van der Waals surface area contributed by atoms with Crippen LogP contribution in [-0.4, -0.2) is 17.5 Å². The number of aromatic hydroxyl groups is 1. The maximum absolute atomic E-state index is 13.3. The number of ketones is 1. The summed E-state index contributed by atoms with van der Waals surface area (Å²) in [6, 6.07) is 24.1. The van der Waals surface area contributed by atoms with E-state index < -0.39 is 0 Å². The fraction of sp³-hybridized carbons (Fsp3) is 0.136. The van der Waals surface area contributed by atoms with Crippen molar-refractivity contribution in [3.8, 4) is 11.5 Å². The minimum absolute atomic E-state index is 0.0459. The van der Waals surface area contributed by atoms with Gasteiger partial charge in [-0.1, -0.05) is 66.7 Å². The molecule has 3 nitrogen and oxygen atoms in total. The third-order valence-electron chi connectivity index (χ3n) is 4.75. The van der Waals surface area contributed by atoms with Crippen LogP contribution in [0.15, 0.2) is 78.9 Å². The third-order valence-corrected chi connectivity index (χ3v) is 4.75. The number of rotatable bonds is 3. The molecule has 25 heavy (non-hydrogen) atoms. The Morgan fingerprint density at radius 2 is 1.48 bits per heavy atom. The summed E-state index contributed by atoms with van der Waals surface area (Å²) in [5, 5.41) is 10.3. The second-order valence-corrected chi connectivity index (χ2v) is 6.22. The van der Waals surface area contributed by atoms with Gasteiger partial charge in [0.05, 0.1) is 12.5 Å². The Bertz CT molecular complexity index is 902. The molecule has 0 saturated heterocycles. The quantitative estimate of drug-likeness (QED) is 0.718. The topological polar surface area (TPSA) is 46.5 Å². The Balaban J connectivity index is 1.84. The van der Waals surface area contributed by atoms with Gasteiger partial charge in [-0.2, -0.15) is 0 Å². The van der Waals surface area contributed by atoms with E-state index in [0.717, 1.165) is 16.9 Å². The highest BCUT2D eigenvalue weighted by atomic mass is 16.5. The largest absolute Gasteiger partial charge is 0.508 e. The smallest absolute Gasteiger partial charge is 0.171 e. The van der Waals surface area contributed by atoms with Crippen LogP contribution in [0.4, 0.5) is 0 Å². The van der Waals surface area contributed by atoms with Crippen molar-refractivity contribution in [1.29, 1.82) is 0 Å². The van der Waals surface area contributed by atoms with E-state index in [1.165, 1.54) is 0 Å². The molecule has 0 aromatic heterocycles. The lowest BCUT2D eigenvalue weighted by Crippen LogP contribution is -2.30. The van der Waals surface area contributed by atoms with Gasteiger partial charge in [-0.15, -0.1) is 0 Å². The van der Waals surface area contributed by atoms with Gasteiger partial charge in [-0.25, -0.2) is 0 Å². The number of phenolic OH excluding ortho intramolecular Hbond substituents is 1. The van der Waals surface area contributed by atoms with Gasteiger partial charge in [0.15, 0.2) is 5.78 Å². The Hall–Kier alpha value is -3.07. The van der Waals surface area contributed by atoms with Crippen LogP contribution in [0.1, 0.15) is 33.3 Å². The van der Waals surface area contributed by atoms with Crippen molar-refractivity contribution >= 4 is 5.78 Å². The second kappa shape index (κ2) is 6.44. The number of benzene rings is 3. The lowest BCUT2D eigenvalue weighted by molar-refractivity contribution is 0.0914. The van der Waals surface area contributed by atoms with Crippen LogP contribution in [0, 0.1) is 0 Å². The van der Waals surface area contributed by atoms with E-state index in [0.29, 0.717) is 12.2 Å². The zero-order chi connectivity index (χ0) is 17.2. The molecule has 1 aliphatic heterocycles. The number of Topliss-reactive ketones (excluding diaryl/α,β-unsaturated/α-hetero) is 1. The molecule has 4 rings (SSSR count). The summed E-state index contributed by atoms with van der Waals surface area (Å²) >= 11 is 0. The molecule has 0 bridgehead atoms. The first-order valence-electron chi connectivity index (χ1n) is 8.34. The summed E-state index contributed by atoms with van der Waals surface area (Å²) in [4.78, 5) is 13.3. The van der Waals surface area contributed by atoms with Crippen molar-refractivity contribution in [2.24, 2.45) is 0 Å². The molecule has 1 heterocycles. The zero-order valence-electron chi connectivity index (χ0n) is 13.6. The van der Waals surface area contributed by atoms with Gasteiger partial charge in [-0.05, 0) is 12.1 Å². The molecule has 1 aliphatic rings. The molecule has 0 spiro atoms. The van der Waals surface area contributed by atoms with Gasteiger partial charge in [0, 0.05) is 22.6 Å². The summed E-state index contributed by atoms with van der Waals surface area (Å²) in [5.41, 5.74) is 2.28. The van der Waals surface area contributed by atoms with Crippen molar-refractivity contribution in [3.05, 3.63) is 95.6 Å². The fourth-order valence-electron chi connectivity index (χ4n) is 3.54. The van der Waals surface area contributed by atoms with Crippen LogP contribution < -0.4 is 4.74 Å². The van der Waals surface area contributed by atoms with Crippen LogP contribution in [-0.2, 0) is 0 Å². The Labute approximate surface area is 146 Å². The average molecular weight is 330 g/mol. The maximum Gasteiger partial charge on any atom is 0.171 e. The van der Waals surface area contributed by atoms with Crippen molar-refractivity contribution in [2.45, 2.75) is 11.8 Å². The molecule has 2 unspecified atom stereocenters. The van der Waals surface area contributed by atoms with E-state index >= 15 is 0 Å². The molecule has 3 aromatic carbocycles. The van der Waals surface area contributed by atoms with E-state index in [4.69, 9.17) is 4.74 Å². The molecule has 0 saturated carbocycles. The maximum atomic E-state index is 13.3. The van der Waals surface area contributed by atoms with Gasteiger partial charge in [0.25, 0.3) is 0 Å². The first kappa shape index (κ1) is 15.5. The van der Waals surface area contributed by atoms with Crippen molar-refractivity contribution in [3.63, 3.8) is 0 Å².